The van der Waals surface area contributed by atoms with Gasteiger partial charge in [0, 0.05) is 23.5 Å². The first-order valence-corrected chi connectivity index (χ1v) is 7.40. The molecule has 0 aliphatic rings. The average molecular weight is 328 g/mol. The summed E-state index contributed by atoms with van der Waals surface area (Å²) in [6.07, 6.45) is 0.926. The molecule has 0 radical (unpaired) electrons. The van der Waals surface area contributed by atoms with Gasteiger partial charge in [-0.15, -0.1) is 0 Å². The molecule has 0 heterocycles. The van der Waals surface area contributed by atoms with E-state index < -0.39 is 5.97 Å². The number of nitrogens with zero attached hydrogens (tertiary/aromatic N) is 1. The highest BCUT2D eigenvalue weighted by atomic mass is 79.9. The molecule has 3 nitrogen and oxygen atoms in total. The van der Waals surface area contributed by atoms with E-state index in [1.54, 1.807) is 0 Å². The van der Waals surface area contributed by atoms with E-state index in [-0.39, 0.29) is 6.42 Å². The van der Waals surface area contributed by atoms with Crippen LogP contribution in [0.25, 0.3) is 0 Å². The normalized spacial score (nSPS) is 11.3. The predicted octanol–water partition coefficient (Wildman–Crippen LogP) is 3.83. The van der Waals surface area contributed by atoms with Crippen LogP contribution in [-0.2, 0) is 11.3 Å². The van der Waals surface area contributed by atoms with E-state index in [2.05, 4.69) is 59.8 Å². The Kier molecular flexibility index (Phi) is 6.52. The summed E-state index contributed by atoms with van der Waals surface area (Å²) in [6, 6.07) is 6.76. The number of aryl methyl sites for hydroxylation is 1. The first-order chi connectivity index (χ1) is 8.90. The van der Waals surface area contributed by atoms with Crippen LogP contribution in [0.3, 0.4) is 0 Å². The van der Waals surface area contributed by atoms with Crippen molar-refractivity contribution in [1.29, 1.82) is 0 Å². The Morgan fingerprint density at radius 2 is 2.11 bits per heavy atom. The van der Waals surface area contributed by atoms with E-state index in [4.69, 9.17) is 5.11 Å². The minimum absolute atomic E-state index is 0.234. The number of benzene rings is 1. The van der Waals surface area contributed by atoms with Gasteiger partial charge in [-0.25, -0.2) is 0 Å². The van der Waals surface area contributed by atoms with Crippen LogP contribution in [0, 0.1) is 6.92 Å². The van der Waals surface area contributed by atoms with E-state index >= 15 is 0 Å². The lowest BCUT2D eigenvalue weighted by molar-refractivity contribution is -0.137. The van der Waals surface area contributed by atoms with Crippen LogP contribution in [0.15, 0.2) is 22.7 Å². The van der Waals surface area contributed by atoms with Gasteiger partial charge >= 0.3 is 5.97 Å². The summed E-state index contributed by atoms with van der Waals surface area (Å²) < 4.78 is 1.12. The Morgan fingerprint density at radius 1 is 1.42 bits per heavy atom. The summed E-state index contributed by atoms with van der Waals surface area (Å²) in [6.45, 7) is 8.01. The summed E-state index contributed by atoms with van der Waals surface area (Å²) in [5, 5.41) is 8.70. The van der Waals surface area contributed by atoms with Crippen molar-refractivity contribution in [3.63, 3.8) is 0 Å². The average Bonchev–Trinajstić information content (AvgIpc) is 2.30. The first-order valence-electron chi connectivity index (χ1n) is 6.61. The summed E-state index contributed by atoms with van der Waals surface area (Å²) in [4.78, 5) is 12.9. The van der Waals surface area contributed by atoms with Crippen LogP contribution >= 0.6 is 15.9 Å². The monoisotopic (exact) mass is 327 g/mol. The lowest BCUT2D eigenvalue weighted by Crippen LogP contribution is -2.31. The molecule has 0 unspecified atom stereocenters. The molecule has 106 valence electrons. The number of carboxylic acid groups (broad SMARTS) is 1. The topological polar surface area (TPSA) is 40.5 Å². The SMILES string of the molecule is Cc1ccc(CN(CCCC(=O)O)C(C)C)c(Br)c1. The van der Waals surface area contributed by atoms with Crippen LogP contribution < -0.4 is 0 Å². The maximum atomic E-state index is 10.6. The van der Waals surface area contributed by atoms with E-state index in [1.807, 2.05) is 0 Å². The third-order valence-corrected chi connectivity index (χ3v) is 3.89. The molecule has 0 aliphatic carbocycles. The minimum atomic E-state index is -0.722. The third kappa shape index (κ3) is 5.74. The molecule has 4 heteroatoms. The molecular weight excluding hydrogens is 306 g/mol. The highest BCUT2D eigenvalue weighted by Crippen LogP contribution is 2.21. The lowest BCUT2D eigenvalue weighted by atomic mass is 10.1. The molecule has 0 saturated heterocycles. The van der Waals surface area contributed by atoms with Crippen molar-refractivity contribution in [2.24, 2.45) is 0 Å². The summed E-state index contributed by atoms with van der Waals surface area (Å²) in [5.41, 5.74) is 2.48. The van der Waals surface area contributed by atoms with Crippen LogP contribution in [0.2, 0.25) is 0 Å². The lowest BCUT2D eigenvalue weighted by Gasteiger charge is -2.26. The molecule has 1 aromatic rings. The van der Waals surface area contributed by atoms with Gasteiger partial charge in [-0.1, -0.05) is 28.1 Å². The van der Waals surface area contributed by atoms with Gasteiger partial charge in [-0.3, -0.25) is 9.69 Å². The van der Waals surface area contributed by atoms with Gasteiger partial charge in [0.1, 0.15) is 0 Å². The molecule has 0 atom stereocenters. The van der Waals surface area contributed by atoms with Crippen molar-refractivity contribution in [3.8, 4) is 0 Å². The second-order valence-corrected chi connectivity index (χ2v) is 6.01. The zero-order valence-electron chi connectivity index (χ0n) is 11.8. The van der Waals surface area contributed by atoms with E-state index in [0.717, 1.165) is 17.6 Å². The number of carbonyl (C=O) groups is 1. The molecule has 1 N–H and O–H groups in total. The van der Waals surface area contributed by atoms with Crippen LogP contribution in [0.4, 0.5) is 0 Å². The van der Waals surface area contributed by atoms with Crippen molar-refractivity contribution in [3.05, 3.63) is 33.8 Å². The second-order valence-electron chi connectivity index (χ2n) is 5.16. The van der Waals surface area contributed by atoms with Crippen LogP contribution in [0.5, 0.6) is 0 Å². The summed E-state index contributed by atoms with van der Waals surface area (Å²) in [5.74, 6) is -0.722. The van der Waals surface area contributed by atoms with Crippen molar-refractivity contribution in [2.45, 2.75) is 46.2 Å². The zero-order chi connectivity index (χ0) is 14.4. The van der Waals surface area contributed by atoms with E-state index in [1.165, 1.54) is 11.1 Å². The maximum absolute atomic E-state index is 10.6. The van der Waals surface area contributed by atoms with Crippen molar-refractivity contribution in [2.75, 3.05) is 6.54 Å². The van der Waals surface area contributed by atoms with E-state index in [0.29, 0.717) is 12.5 Å². The highest BCUT2D eigenvalue weighted by Gasteiger charge is 2.12. The second kappa shape index (κ2) is 7.65. The molecule has 0 fully saturated rings. The molecule has 0 spiro atoms. The molecule has 0 aromatic heterocycles. The highest BCUT2D eigenvalue weighted by molar-refractivity contribution is 9.10. The van der Waals surface area contributed by atoms with Gasteiger partial charge in [-0.05, 0) is 50.9 Å². The molecule has 0 aliphatic heterocycles. The quantitative estimate of drug-likeness (QED) is 0.827. The molecule has 19 heavy (non-hydrogen) atoms. The Balaban J connectivity index is 2.64. The van der Waals surface area contributed by atoms with Crippen molar-refractivity contribution >= 4 is 21.9 Å². The predicted molar refractivity (Wildman–Crippen MR) is 81.3 cm³/mol. The van der Waals surface area contributed by atoms with Gasteiger partial charge < -0.3 is 5.11 Å². The van der Waals surface area contributed by atoms with E-state index in [9.17, 15) is 4.79 Å². The Bertz CT molecular complexity index is 432. The molecule has 0 bridgehead atoms. The Labute approximate surface area is 123 Å². The van der Waals surface area contributed by atoms with Crippen molar-refractivity contribution < 1.29 is 9.90 Å². The minimum Gasteiger partial charge on any atom is -0.481 e. The van der Waals surface area contributed by atoms with Crippen LogP contribution in [0.1, 0.15) is 37.8 Å². The number of aliphatic carboxylic acids is 1. The maximum Gasteiger partial charge on any atom is 0.303 e. The number of halogens is 1. The van der Waals surface area contributed by atoms with Gasteiger partial charge in [0.05, 0.1) is 0 Å². The zero-order valence-corrected chi connectivity index (χ0v) is 13.4. The molecule has 1 rings (SSSR count). The third-order valence-electron chi connectivity index (χ3n) is 3.15. The molecule has 0 saturated carbocycles. The standard InChI is InChI=1S/C15H22BrNO2/c1-11(2)17(8-4-5-15(18)19)10-13-7-6-12(3)9-14(13)16/h6-7,9,11H,4-5,8,10H2,1-3H3,(H,18,19). The fraction of sp³-hybridized carbons (Fsp3) is 0.533. The Morgan fingerprint density at radius 3 is 2.63 bits per heavy atom. The number of rotatable bonds is 7. The smallest absolute Gasteiger partial charge is 0.303 e. The molecule has 1 aromatic carbocycles. The molecular formula is C15H22BrNO2. The van der Waals surface area contributed by atoms with Gasteiger partial charge in [-0.2, -0.15) is 0 Å². The van der Waals surface area contributed by atoms with Crippen LogP contribution in [-0.4, -0.2) is 28.6 Å². The van der Waals surface area contributed by atoms with Gasteiger partial charge in [0.15, 0.2) is 0 Å². The van der Waals surface area contributed by atoms with Gasteiger partial charge in [0.2, 0.25) is 0 Å². The number of hydrogen-bond donors (Lipinski definition) is 1. The first kappa shape index (κ1) is 16.2. The number of carboxylic acids is 1. The summed E-state index contributed by atoms with van der Waals surface area (Å²) >= 11 is 3.60. The fourth-order valence-corrected chi connectivity index (χ4v) is 2.57. The summed E-state index contributed by atoms with van der Waals surface area (Å²) in [7, 11) is 0. The number of hydrogen-bond acceptors (Lipinski definition) is 2. The van der Waals surface area contributed by atoms with Crippen molar-refractivity contribution in [1.82, 2.24) is 4.90 Å². The largest absolute Gasteiger partial charge is 0.481 e. The fourth-order valence-electron chi connectivity index (χ4n) is 1.95. The molecule has 0 amide bonds. The van der Waals surface area contributed by atoms with Gasteiger partial charge in [0.25, 0.3) is 0 Å². The Hall–Kier alpha value is -0.870.